The summed E-state index contributed by atoms with van der Waals surface area (Å²) in [7, 11) is -17.7. The molecule has 21 heteroatoms. The number of aromatic nitrogens is 3. The van der Waals surface area contributed by atoms with Crippen molar-refractivity contribution in [2.75, 3.05) is 12.3 Å². The maximum Gasteiger partial charge on any atom is 0.490 e. The van der Waals surface area contributed by atoms with E-state index in [1.54, 1.807) is 0 Å². The van der Waals surface area contributed by atoms with Gasteiger partial charge in [0.1, 0.15) is 18.0 Å². The third-order valence-electron chi connectivity index (χ3n) is 3.23. The first-order valence-electron chi connectivity index (χ1n) is 8.29. The minimum absolute atomic E-state index is 0.324. The lowest BCUT2D eigenvalue weighted by Crippen LogP contribution is -2.44. The Morgan fingerprint density at radius 3 is 2.48 bits per heavy atom. The minimum Gasteiger partial charge on any atom is -0.387 e. The highest BCUT2D eigenvalue weighted by atomic mass is 35.5. The van der Waals surface area contributed by atoms with Crippen LogP contribution in [-0.2, 0) is 31.6 Å². The van der Waals surface area contributed by atoms with Crippen molar-refractivity contribution >= 4 is 40.9 Å². The number of nitrogens with two attached hydrogens (primary N) is 1. The van der Waals surface area contributed by atoms with Crippen LogP contribution in [0.3, 0.4) is 0 Å². The van der Waals surface area contributed by atoms with Crippen LogP contribution in [0.4, 0.5) is 5.82 Å². The van der Waals surface area contributed by atoms with Crippen molar-refractivity contribution in [3.05, 3.63) is 16.7 Å². The lowest BCUT2D eigenvalue weighted by atomic mass is 10.00. The van der Waals surface area contributed by atoms with E-state index < -0.39 is 59.0 Å². The van der Waals surface area contributed by atoms with Gasteiger partial charge in [-0.25, -0.2) is 18.5 Å². The summed E-state index contributed by atoms with van der Waals surface area (Å²) in [6.45, 7) is -3.62. The second-order valence-corrected chi connectivity index (χ2v) is 10.4. The van der Waals surface area contributed by atoms with Crippen molar-refractivity contribution in [3.8, 4) is 12.3 Å². The Morgan fingerprint density at radius 2 is 1.97 bits per heavy atom. The van der Waals surface area contributed by atoms with Gasteiger partial charge < -0.3 is 35.2 Å². The third-order valence-corrected chi connectivity index (χ3v) is 7.41. The maximum absolute atomic E-state index is 12.0. The van der Waals surface area contributed by atoms with Gasteiger partial charge in [0.25, 0.3) is 0 Å². The largest absolute Gasteiger partial charge is 0.490 e. The molecule has 0 aromatic carbocycles. The average molecular weight is 529 g/mol. The number of ether oxygens (including phenoxy) is 1. The molecule has 0 spiro atoms. The molecule has 0 saturated carbocycles. The van der Waals surface area contributed by atoms with Crippen LogP contribution in [0.5, 0.6) is 0 Å². The number of nitrogens with zero attached hydrogens (tertiary/aromatic N) is 3. The van der Waals surface area contributed by atoms with E-state index in [0.717, 1.165) is 6.20 Å². The van der Waals surface area contributed by atoms with E-state index in [1.165, 1.54) is 0 Å². The highest BCUT2D eigenvalue weighted by molar-refractivity contribution is 7.66. The molecule has 0 amide bonds. The van der Waals surface area contributed by atoms with Crippen LogP contribution in [0.1, 0.15) is 8.97 Å². The number of nitrogen functional groups attached to an aromatic ring is 1. The van der Waals surface area contributed by atoms with Crippen molar-refractivity contribution in [2.45, 2.75) is 23.3 Å². The van der Waals surface area contributed by atoms with Gasteiger partial charge in [-0.1, -0.05) is 17.5 Å². The molecule has 6 atom stereocenters. The standard InChI is InChI=1S/C10H14ClN4O13P3/c1-2-10(11)7(16)5(26-8(10)15-9(17)14-6(12)3-13-15)4-25-30(21,22)28-31(23,24)27-29(18,19)20/h1,3,5,7-8,16H,4H2,(H,21,22)(H,23,24)(H2,12,14,17)(H2,18,19,20)/t5-,7+,8-,10?/m1/s1/i4D2. The summed E-state index contributed by atoms with van der Waals surface area (Å²) in [5.74, 6) is 1.54. The molecule has 7 N–H and O–H groups in total. The number of terminal acetylenes is 1. The zero-order valence-corrected chi connectivity index (χ0v) is 18.0. The number of phosphoric ester groups is 1. The molecular weight excluding hydrogens is 513 g/mol. The van der Waals surface area contributed by atoms with Crippen LogP contribution in [0.25, 0.3) is 0 Å². The Kier molecular flexibility index (Phi) is 6.64. The second-order valence-electron chi connectivity index (χ2n) is 5.47. The number of alkyl halides is 1. The SMILES string of the molecule is [2H]C([2H])(OP(=O)(O)OP(=O)(O)OP(=O)(O)O)[C@H]1O[C@@H](n2ncc(N)nc2=O)C(Cl)(C#C)[C@H]1O. The molecule has 1 aromatic rings. The third kappa shape index (κ3) is 6.41. The van der Waals surface area contributed by atoms with Crippen molar-refractivity contribution in [1.29, 1.82) is 0 Å². The van der Waals surface area contributed by atoms with E-state index in [-0.39, 0.29) is 5.82 Å². The molecule has 174 valence electrons. The molecule has 31 heavy (non-hydrogen) atoms. The highest BCUT2D eigenvalue weighted by Gasteiger charge is 2.57. The van der Waals surface area contributed by atoms with E-state index in [1.807, 2.05) is 5.92 Å². The molecule has 1 saturated heterocycles. The number of halogens is 1. The number of rotatable bonds is 8. The highest BCUT2D eigenvalue weighted by Crippen LogP contribution is 2.66. The van der Waals surface area contributed by atoms with Gasteiger partial charge in [-0.15, -0.1) is 6.42 Å². The van der Waals surface area contributed by atoms with Gasteiger partial charge in [-0.3, -0.25) is 4.52 Å². The molecule has 2 heterocycles. The Bertz CT molecular complexity index is 1170. The number of aliphatic hydroxyl groups is 1. The van der Waals surface area contributed by atoms with Gasteiger partial charge in [0, 0.05) is 0 Å². The van der Waals surface area contributed by atoms with Gasteiger partial charge in [0.05, 0.1) is 15.5 Å². The molecule has 0 radical (unpaired) electrons. The van der Waals surface area contributed by atoms with Gasteiger partial charge in [-0.05, 0) is 0 Å². The predicted octanol–water partition coefficient (Wildman–Crippen LogP) is -1.57. The van der Waals surface area contributed by atoms with Crippen LogP contribution >= 0.6 is 35.1 Å². The summed E-state index contributed by atoms with van der Waals surface area (Å²) >= 11 is 6.12. The topological polar surface area (TPSA) is 263 Å². The predicted molar refractivity (Wildman–Crippen MR) is 97.9 cm³/mol. The monoisotopic (exact) mass is 528 g/mol. The maximum atomic E-state index is 12.0. The Balaban J connectivity index is 2.35. The van der Waals surface area contributed by atoms with Gasteiger partial charge in [0.2, 0.25) is 0 Å². The van der Waals surface area contributed by atoms with E-state index in [2.05, 4.69) is 23.2 Å². The molecule has 2 rings (SSSR count). The van der Waals surface area contributed by atoms with Crippen LogP contribution in [0, 0.1) is 12.3 Å². The van der Waals surface area contributed by atoms with Crippen LogP contribution in [-0.4, -0.2) is 63.1 Å². The molecule has 17 nitrogen and oxygen atoms in total. The van der Waals surface area contributed by atoms with E-state index in [4.69, 9.17) is 45.9 Å². The first-order valence-corrected chi connectivity index (χ1v) is 12.2. The summed E-state index contributed by atoms with van der Waals surface area (Å²) in [4.78, 5) is 48.7. The fourth-order valence-electron chi connectivity index (χ4n) is 2.10. The lowest BCUT2D eigenvalue weighted by Gasteiger charge is -2.24. The second kappa shape index (κ2) is 8.97. The number of anilines is 1. The summed E-state index contributed by atoms with van der Waals surface area (Å²) in [5.41, 5.74) is 4.11. The fourth-order valence-corrected chi connectivity index (χ4v) is 5.24. The first-order chi connectivity index (χ1) is 14.7. The quantitative estimate of drug-likeness (QED) is 0.126. The fraction of sp³-hybridized carbons (Fsp3) is 0.500. The van der Waals surface area contributed by atoms with Crippen molar-refractivity contribution in [3.63, 3.8) is 0 Å². The van der Waals surface area contributed by atoms with Crippen LogP contribution < -0.4 is 11.4 Å². The smallest absolute Gasteiger partial charge is 0.387 e. The summed E-state index contributed by atoms with van der Waals surface area (Å²) in [6.07, 6.45) is -0.473. The lowest BCUT2D eigenvalue weighted by molar-refractivity contribution is -0.0503. The normalized spacial score (nSPS) is 31.7. The zero-order chi connectivity index (χ0) is 25.6. The Hall–Kier alpha value is -1.21. The number of hydrogen-bond donors (Lipinski definition) is 6. The minimum atomic E-state index is -6.01. The molecule has 1 aliphatic heterocycles. The van der Waals surface area contributed by atoms with Crippen LogP contribution in [0.15, 0.2) is 11.0 Å². The molecule has 0 bridgehead atoms. The van der Waals surface area contributed by atoms with Crippen LogP contribution in [0.2, 0.25) is 0 Å². The summed E-state index contributed by atoms with van der Waals surface area (Å²) < 4.78 is 66.2. The molecule has 1 aromatic heterocycles. The van der Waals surface area contributed by atoms with Gasteiger partial charge >= 0.3 is 29.2 Å². The van der Waals surface area contributed by atoms with Crippen molar-refractivity contribution < 1.29 is 59.0 Å². The molecule has 3 unspecified atom stereocenters. The van der Waals surface area contributed by atoms with Crippen molar-refractivity contribution in [2.24, 2.45) is 0 Å². The molecule has 1 aliphatic rings. The van der Waals surface area contributed by atoms with E-state index in [9.17, 15) is 28.5 Å². The Labute approximate surface area is 180 Å². The number of aliphatic hydroxyl groups excluding tert-OH is 1. The summed E-state index contributed by atoms with van der Waals surface area (Å²) in [6, 6.07) is 0. The van der Waals surface area contributed by atoms with E-state index >= 15 is 0 Å². The summed E-state index contributed by atoms with van der Waals surface area (Å²) in [5, 5.41) is 14.0. The number of phosphoric acid groups is 3. The number of hydrogen-bond acceptors (Lipinski definition) is 12. The Morgan fingerprint density at radius 1 is 1.35 bits per heavy atom. The molecular formula is C10H14ClN4O13P3. The van der Waals surface area contributed by atoms with Gasteiger partial charge in [-0.2, -0.15) is 23.4 Å². The zero-order valence-electron chi connectivity index (χ0n) is 16.5. The molecule has 0 aliphatic carbocycles. The van der Waals surface area contributed by atoms with Crippen molar-refractivity contribution in [1.82, 2.24) is 14.8 Å². The average Bonchev–Trinajstić information content (AvgIpc) is 2.83. The van der Waals surface area contributed by atoms with E-state index in [0.29, 0.717) is 4.68 Å². The molecule has 1 fully saturated rings. The van der Waals surface area contributed by atoms with Gasteiger partial charge in [0.15, 0.2) is 11.1 Å². The first kappa shape index (κ1) is 23.0.